The minimum absolute atomic E-state index is 0.0983. The van der Waals surface area contributed by atoms with Crippen molar-refractivity contribution in [3.63, 3.8) is 0 Å². The third-order valence-corrected chi connectivity index (χ3v) is 13.2. The highest BCUT2D eigenvalue weighted by Crippen LogP contribution is 2.59. The summed E-state index contributed by atoms with van der Waals surface area (Å²) in [6.45, 7) is 10.2. The summed E-state index contributed by atoms with van der Waals surface area (Å²) in [5.74, 6) is 0.208. The normalized spacial score (nSPS) is 28.3. The molecular weight excluding hydrogens is 620 g/mol. The maximum Gasteiger partial charge on any atom is 0.508 e. The molecule has 0 radical (unpaired) electrons. The molecule has 260 valence electrons. The van der Waals surface area contributed by atoms with Crippen molar-refractivity contribution in [3.8, 4) is 0 Å². The molecule has 1 fully saturated rings. The second-order valence-electron chi connectivity index (χ2n) is 14.1. The van der Waals surface area contributed by atoms with Crippen molar-refractivity contribution in [2.24, 2.45) is 29.1 Å². The number of carbonyl (C=O) groups excluding carboxylic acids is 2. The van der Waals surface area contributed by atoms with E-state index in [0.717, 1.165) is 36.8 Å². The Hall–Kier alpha value is -3.11. The maximum atomic E-state index is 14.1. The summed E-state index contributed by atoms with van der Waals surface area (Å²) in [5.41, 5.74) is 2.81. The van der Waals surface area contributed by atoms with E-state index in [4.69, 9.17) is 18.9 Å². The summed E-state index contributed by atoms with van der Waals surface area (Å²) < 4.78 is 48.7. The van der Waals surface area contributed by atoms with E-state index >= 15 is 0 Å². The Morgan fingerprint density at radius 3 is 2.32 bits per heavy atom. The molecule has 8 atom stereocenters. The van der Waals surface area contributed by atoms with Gasteiger partial charge < -0.3 is 24.1 Å². The molecule has 9 nitrogen and oxygen atoms in total. The first-order chi connectivity index (χ1) is 22.2. The molecular formula is C37H52O9S. The van der Waals surface area contributed by atoms with E-state index in [9.17, 15) is 23.1 Å². The smallest absolute Gasteiger partial charge is 0.438 e. The minimum atomic E-state index is -3.80. The number of aliphatic hydroxyl groups excluding tert-OH is 1. The van der Waals surface area contributed by atoms with Gasteiger partial charge in [0.15, 0.2) is 9.84 Å². The van der Waals surface area contributed by atoms with Crippen LogP contribution < -0.4 is 0 Å². The Morgan fingerprint density at radius 1 is 1.02 bits per heavy atom. The third kappa shape index (κ3) is 8.13. The van der Waals surface area contributed by atoms with Gasteiger partial charge in [0.2, 0.25) is 0 Å². The molecule has 0 spiro atoms. The highest BCUT2D eigenvalue weighted by Gasteiger charge is 2.54. The molecule has 47 heavy (non-hydrogen) atoms. The Kier molecular flexibility index (Phi) is 12.0. The van der Waals surface area contributed by atoms with E-state index in [2.05, 4.69) is 19.1 Å². The van der Waals surface area contributed by atoms with Gasteiger partial charge in [-0.05, 0) is 97.0 Å². The summed E-state index contributed by atoms with van der Waals surface area (Å²) in [6, 6.07) is 8.53. The summed E-state index contributed by atoms with van der Waals surface area (Å²) >= 11 is 0. The van der Waals surface area contributed by atoms with Gasteiger partial charge in [-0.3, -0.25) is 0 Å². The van der Waals surface area contributed by atoms with Gasteiger partial charge in [-0.2, -0.15) is 0 Å². The van der Waals surface area contributed by atoms with Crippen LogP contribution in [0.25, 0.3) is 0 Å². The lowest BCUT2D eigenvalue weighted by Crippen LogP contribution is -2.46. The Morgan fingerprint density at radius 2 is 1.68 bits per heavy atom. The number of carbonyl (C=O) groups is 2. The van der Waals surface area contributed by atoms with Gasteiger partial charge in [-0.15, -0.1) is 0 Å². The molecule has 2 unspecified atom stereocenters. The number of benzene rings is 1. The number of ether oxygens (including phenoxy) is 4. The first kappa shape index (κ1) is 36.7. The molecule has 1 N–H and O–H groups in total. The lowest BCUT2D eigenvalue weighted by Gasteiger charge is -2.45. The van der Waals surface area contributed by atoms with Gasteiger partial charge in [0.1, 0.15) is 12.2 Å². The van der Waals surface area contributed by atoms with Crippen molar-refractivity contribution in [1.29, 1.82) is 0 Å². The maximum absolute atomic E-state index is 14.1. The summed E-state index contributed by atoms with van der Waals surface area (Å²) in [6.07, 6.45) is 7.43. The second-order valence-corrected chi connectivity index (χ2v) is 16.2. The van der Waals surface area contributed by atoms with Crippen LogP contribution in [0.5, 0.6) is 0 Å². The average Bonchev–Trinajstić information content (AvgIpc) is 3.39. The molecule has 0 aliphatic heterocycles. The summed E-state index contributed by atoms with van der Waals surface area (Å²) in [7, 11) is -1.30. The van der Waals surface area contributed by atoms with Crippen molar-refractivity contribution < 1.29 is 42.1 Å². The van der Waals surface area contributed by atoms with Crippen LogP contribution in [0.2, 0.25) is 0 Å². The zero-order chi connectivity index (χ0) is 34.5. The zero-order valence-electron chi connectivity index (χ0n) is 28.8. The zero-order valence-corrected chi connectivity index (χ0v) is 29.6. The number of hydrogen-bond donors (Lipinski definition) is 1. The Bertz CT molecular complexity index is 1460. The minimum Gasteiger partial charge on any atom is -0.438 e. The lowest BCUT2D eigenvalue weighted by atomic mass is 9.61. The molecule has 1 saturated carbocycles. The number of sulfone groups is 1. The van der Waals surface area contributed by atoms with E-state index in [1.807, 2.05) is 33.8 Å². The molecule has 1 aromatic carbocycles. The van der Waals surface area contributed by atoms with Crippen LogP contribution in [0, 0.1) is 29.1 Å². The van der Waals surface area contributed by atoms with Gasteiger partial charge in [-0.25, -0.2) is 18.0 Å². The predicted octanol–water partition coefficient (Wildman–Crippen LogP) is 7.59. The number of allylic oxidation sites excluding steroid dienone is 4. The summed E-state index contributed by atoms with van der Waals surface area (Å²) in [4.78, 5) is 24.1. The number of aliphatic hydroxyl groups is 1. The quantitative estimate of drug-likeness (QED) is 0.237. The van der Waals surface area contributed by atoms with Crippen molar-refractivity contribution in [2.75, 3.05) is 14.2 Å². The van der Waals surface area contributed by atoms with Crippen molar-refractivity contribution >= 4 is 22.1 Å². The van der Waals surface area contributed by atoms with Gasteiger partial charge in [0.25, 0.3) is 0 Å². The molecule has 1 aromatic rings. The number of fused-ring (bicyclic) bond motifs is 1. The first-order valence-electron chi connectivity index (χ1n) is 16.8. The molecule has 0 saturated heterocycles. The second kappa shape index (κ2) is 15.4. The number of hydrogen-bond acceptors (Lipinski definition) is 9. The van der Waals surface area contributed by atoms with Crippen molar-refractivity contribution in [1.82, 2.24) is 0 Å². The van der Waals surface area contributed by atoms with Crippen LogP contribution in [0.15, 0.2) is 70.2 Å². The van der Waals surface area contributed by atoms with Gasteiger partial charge in [0, 0.05) is 12.8 Å². The van der Waals surface area contributed by atoms with Crippen molar-refractivity contribution in [3.05, 3.63) is 65.3 Å². The molecule has 3 aliphatic carbocycles. The highest BCUT2D eigenvalue weighted by molar-refractivity contribution is 7.92. The molecule has 10 heteroatoms. The fourth-order valence-corrected chi connectivity index (χ4v) is 10.6. The van der Waals surface area contributed by atoms with Crippen LogP contribution in [-0.2, 0) is 28.8 Å². The Labute approximate surface area is 280 Å². The van der Waals surface area contributed by atoms with Crippen molar-refractivity contribution in [2.45, 2.75) is 108 Å². The fraction of sp³-hybridized carbons (Fsp3) is 0.622. The van der Waals surface area contributed by atoms with Crippen LogP contribution >= 0.6 is 0 Å². The largest absolute Gasteiger partial charge is 0.508 e. The molecule has 3 aliphatic rings. The summed E-state index contributed by atoms with van der Waals surface area (Å²) in [5, 5.41) is 10.6. The van der Waals surface area contributed by atoms with Gasteiger partial charge >= 0.3 is 12.3 Å². The van der Waals surface area contributed by atoms with E-state index in [1.54, 1.807) is 30.3 Å². The number of methoxy groups -OCH3 is 2. The van der Waals surface area contributed by atoms with E-state index < -0.39 is 45.7 Å². The highest BCUT2D eigenvalue weighted by atomic mass is 32.2. The third-order valence-electron chi connectivity index (χ3n) is 10.8. The molecule has 0 heterocycles. The lowest BCUT2D eigenvalue weighted by molar-refractivity contribution is -0.00219. The van der Waals surface area contributed by atoms with E-state index in [-0.39, 0.29) is 34.0 Å². The van der Waals surface area contributed by atoms with E-state index in [0.29, 0.717) is 19.3 Å². The average molecular weight is 673 g/mol. The SMILES string of the molecule is COC(=O)O[C@@H]1CC(C=CC2=CCC[C@]3(C)[C@@H]([C@H](C)C(C(O)CC(C)C)S(=O)(=O)c4ccccc4)CC[C@@H]23)=C(C)[C@@H](OC(=O)OC)C1. The van der Waals surface area contributed by atoms with Gasteiger partial charge in [-0.1, -0.05) is 64.1 Å². The monoisotopic (exact) mass is 672 g/mol. The predicted molar refractivity (Wildman–Crippen MR) is 179 cm³/mol. The molecule has 0 aromatic heterocycles. The molecule has 0 bridgehead atoms. The number of rotatable bonds is 11. The molecule has 4 rings (SSSR count). The fourth-order valence-electron chi connectivity index (χ4n) is 8.45. The van der Waals surface area contributed by atoms with Gasteiger partial charge in [0.05, 0.1) is 30.5 Å². The van der Waals surface area contributed by atoms with E-state index in [1.165, 1.54) is 19.8 Å². The van der Waals surface area contributed by atoms with Crippen LogP contribution in [0.3, 0.4) is 0 Å². The topological polar surface area (TPSA) is 125 Å². The van der Waals surface area contributed by atoms with Crippen LogP contribution in [-0.4, -0.2) is 63.6 Å². The first-order valence-corrected chi connectivity index (χ1v) is 18.3. The standard InChI is InChI=1S/C37H52O9S/c1-23(2)20-32(38)34(47(41,42)29-13-9-8-10-14-29)25(4)30-17-18-31-26(12-11-19-37(30,31)5)15-16-27-21-28(45-35(39)43-6)22-33(24(27)3)46-36(40)44-7/h8-10,12-16,23,25,28,30-34,38H,11,17-22H2,1-7H3/t25-,28+,30+,31-,32?,33-,34?,37+/m0/s1. The van der Waals surface area contributed by atoms with Crippen LogP contribution in [0.4, 0.5) is 9.59 Å². The Balaban J connectivity index is 1.61. The molecule has 0 amide bonds. The van der Waals surface area contributed by atoms with Crippen LogP contribution in [0.1, 0.15) is 79.6 Å².